The van der Waals surface area contributed by atoms with Crippen LogP contribution in [0, 0.1) is 17.3 Å². The molecule has 17 heavy (non-hydrogen) atoms. The Morgan fingerprint density at radius 2 is 1.82 bits per heavy atom. The minimum Gasteiger partial charge on any atom is -0.330 e. The largest absolute Gasteiger partial charge is 0.330 e. The van der Waals surface area contributed by atoms with Gasteiger partial charge in [-0.25, -0.2) is 0 Å². The Morgan fingerprint density at radius 3 is 2.29 bits per heavy atom. The minimum atomic E-state index is 0.721. The summed E-state index contributed by atoms with van der Waals surface area (Å²) in [5.41, 5.74) is 6.47. The Morgan fingerprint density at radius 1 is 1.24 bits per heavy atom. The summed E-state index contributed by atoms with van der Waals surface area (Å²) in [6, 6.07) is 0.847. The fraction of sp³-hybridized carbons (Fsp3) is 1.00. The molecule has 2 aliphatic rings. The van der Waals surface area contributed by atoms with Crippen molar-refractivity contribution in [3.63, 3.8) is 0 Å². The Balaban J connectivity index is 1.75. The number of nitrogens with zero attached hydrogens (tertiary/aromatic N) is 1. The molecule has 2 nitrogen and oxygen atoms in total. The van der Waals surface area contributed by atoms with E-state index in [1.54, 1.807) is 0 Å². The van der Waals surface area contributed by atoms with Gasteiger partial charge in [-0.05, 0) is 69.4 Å². The number of hydrogen-bond acceptors (Lipinski definition) is 2. The highest BCUT2D eigenvalue weighted by Gasteiger charge is 2.45. The second-order valence-corrected chi connectivity index (χ2v) is 7.07. The molecule has 2 aliphatic carbocycles. The van der Waals surface area contributed by atoms with E-state index in [2.05, 4.69) is 25.8 Å². The van der Waals surface area contributed by atoms with Gasteiger partial charge in [0.15, 0.2) is 0 Å². The van der Waals surface area contributed by atoms with E-state index in [0.717, 1.165) is 29.8 Å². The summed E-state index contributed by atoms with van der Waals surface area (Å²) in [6.45, 7) is 6.80. The summed E-state index contributed by atoms with van der Waals surface area (Å²) < 4.78 is 0. The van der Waals surface area contributed by atoms with Crippen LogP contribution in [0.4, 0.5) is 0 Å². The molecule has 100 valence electrons. The highest BCUT2D eigenvalue weighted by molar-refractivity contribution is 4.98. The van der Waals surface area contributed by atoms with Gasteiger partial charge >= 0.3 is 0 Å². The first-order chi connectivity index (χ1) is 8.04. The quantitative estimate of drug-likeness (QED) is 0.816. The summed E-state index contributed by atoms with van der Waals surface area (Å²) in [7, 11) is 2.31. The van der Waals surface area contributed by atoms with Gasteiger partial charge in [-0.3, -0.25) is 0 Å². The van der Waals surface area contributed by atoms with Crippen molar-refractivity contribution in [1.82, 2.24) is 4.90 Å². The SMILES string of the molecule is CC(C)CN(C)C1CCC2(CC1)CC(CN)C2. The molecule has 0 heterocycles. The number of rotatable bonds is 4. The average Bonchev–Trinajstić information content (AvgIpc) is 2.25. The van der Waals surface area contributed by atoms with Crippen LogP contribution >= 0.6 is 0 Å². The monoisotopic (exact) mass is 238 g/mol. The summed E-state index contributed by atoms with van der Waals surface area (Å²) >= 11 is 0. The lowest BCUT2D eigenvalue weighted by molar-refractivity contribution is -0.00643. The summed E-state index contributed by atoms with van der Waals surface area (Å²) in [6.07, 6.45) is 8.59. The van der Waals surface area contributed by atoms with Gasteiger partial charge < -0.3 is 10.6 Å². The molecule has 1 spiro atoms. The van der Waals surface area contributed by atoms with Gasteiger partial charge in [0.05, 0.1) is 0 Å². The van der Waals surface area contributed by atoms with Crippen molar-refractivity contribution in [3.05, 3.63) is 0 Å². The minimum absolute atomic E-state index is 0.721. The maximum atomic E-state index is 5.75. The van der Waals surface area contributed by atoms with Crippen molar-refractivity contribution in [2.24, 2.45) is 23.0 Å². The Labute approximate surface area is 107 Å². The van der Waals surface area contributed by atoms with E-state index >= 15 is 0 Å². The van der Waals surface area contributed by atoms with E-state index in [-0.39, 0.29) is 0 Å². The maximum absolute atomic E-state index is 5.75. The maximum Gasteiger partial charge on any atom is 0.00927 e. The van der Waals surface area contributed by atoms with Crippen LogP contribution in [0.5, 0.6) is 0 Å². The third kappa shape index (κ3) is 3.03. The molecule has 2 N–H and O–H groups in total. The van der Waals surface area contributed by atoms with Crippen molar-refractivity contribution in [2.75, 3.05) is 20.1 Å². The van der Waals surface area contributed by atoms with Crippen LogP contribution in [-0.2, 0) is 0 Å². The Bertz CT molecular complexity index is 233. The van der Waals surface area contributed by atoms with Crippen LogP contribution < -0.4 is 5.73 Å². The molecule has 0 aliphatic heterocycles. The van der Waals surface area contributed by atoms with Gasteiger partial charge in [0.25, 0.3) is 0 Å². The summed E-state index contributed by atoms with van der Waals surface area (Å²) in [5.74, 6) is 1.64. The van der Waals surface area contributed by atoms with Crippen molar-refractivity contribution in [2.45, 2.75) is 58.4 Å². The van der Waals surface area contributed by atoms with E-state index in [1.165, 1.54) is 45.1 Å². The predicted octanol–water partition coefficient (Wildman–Crippen LogP) is 2.87. The molecule has 0 aromatic rings. The lowest BCUT2D eigenvalue weighted by atomic mass is 9.55. The molecular weight excluding hydrogens is 208 g/mol. The molecule has 0 aromatic carbocycles. The van der Waals surface area contributed by atoms with E-state index < -0.39 is 0 Å². The third-order valence-electron chi connectivity index (χ3n) is 5.07. The second kappa shape index (κ2) is 5.27. The fourth-order valence-corrected chi connectivity index (χ4v) is 4.12. The molecule has 0 unspecified atom stereocenters. The molecule has 0 aromatic heterocycles. The molecule has 2 fully saturated rings. The summed E-state index contributed by atoms with van der Waals surface area (Å²) in [5, 5.41) is 0. The lowest BCUT2D eigenvalue weighted by Gasteiger charge is -2.52. The predicted molar refractivity (Wildman–Crippen MR) is 73.9 cm³/mol. The van der Waals surface area contributed by atoms with E-state index in [9.17, 15) is 0 Å². The average molecular weight is 238 g/mol. The molecule has 0 radical (unpaired) electrons. The first-order valence-electron chi connectivity index (χ1n) is 7.45. The topological polar surface area (TPSA) is 29.3 Å². The van der Waals surface area contributed by atoms with E-state index in [4.69, 9.17) is 5.73 Å². The third-order valence-corrected chi connectivity index (χ3v) is 5.07. The zero-order valence-electron chi connectivity index (χ0n) is 11.9. The van der Waals surface area contributed by atoms with Crippen LogP contribution in [-0.4, -0.2) is 31.1 Å². The van der Waals surface area contributed by atoms with Gasteiger partial charge in [0.2, 0.25) is 0 Å². The standard InChI is InChI=1S/C15H30N2/c1-12(2)11-17(3)14-4-6-15(7-5-14)8-13(9-15)10-16/h12-14H,4-11,16H2,1-3H3. The normalized spacial score (nSPS) is 37.8. The van der Waals surface area contributed by atoms with Crippen LogP contribution in [0.2, 0.25) is 0 Å². The zero-order valence-corrected chi connectivity index (χ0v) is 11.9. The van der Waals surface area contributed by atoms with Gasteiger partial charge in [-0.1, -0.05) is 13.8 Å². The van der Waals surface area contributed by atoms with Gasteiger partial charge in [-0.2, -0.15) is 0 Å². The molecule has 0 bridgehead atoms. The summed E-state index contributed by atoms with van der Waals surface area (Å²) in [4.78, 5) is 2.59. The van der Waals surface area contributed by atoms with Crippen LogP contribution in [0.3, 0.4) is 0 Å². The van der Waals surface area contributed by atoms with E-state index in [1.807, 2.05) is 0 Å². The Kier molecular flexibility index (Phi) is 4.14. The second-order valence-electron chi connectivity index (χ2n) is 7.07. The molecule has 0 atom stereocenters. The van der Waals surface area contributed by atoms with Crippen molar-refractivity contribution < 1.29 is 0 Å². The van der Waals surface area contributed by atoms with Gasteiger partial charge in [-0.15, -0.1) is 0 Å². The van der Waals surface area contributed by atoms with Gasteiger partial charge in [0.1, 0.15) is 0 Å². The first kappa shape index (κ1) is 13.4. The van der Waals surface area contributed by atoms with Gasteiger partial charge in [0, 0.05) is 12.6 Å². The fourth-order valence-electron chi connectivity index (χ4n) is 4.12. The van der Waals surface area contributed by atoms with Crippen molar-refractivity contribution >= 4 is 0 Å². The number of nitrogens with two attached hydrogens (primary N) is 1. The van der Waals surface area contributed by atoms with Crippen LogP contribution in [0.1, 0.15) is 52.4 Å². The zero-order chi connectivity index (χ0) is 12.5. The smallest absolute Gasteiger partial charge is 0.00927 e. The highest BCUT2D eigenvalue weighted by atomic mass is 15.1. The van der Waals surface area contributed by atoms with Crippen LogP contribution in [0.15, 0.2) is 0 Å². The van der Waals surface area contributed by atoms with E-state index in [0.29, 0.717) is 0 Å². The molecule has 2 rings (SSSR count). The molecular formula is C15H30N2. The molecule has 0 amide bonds. The molecule has 2 saturated carbocycles. The molecule has 2 heteroatoms. The lowest BCUT2D eigenvalue weighted by Crippen LogP contribution is -2.47. The molecule has 0 saturated heterocycles. The van der Waals surface area contributed by atoms with Crippen LogP contribution in [0.25, 0.3) is 0 Å². The highest BCUT2D eigenvalue weighted by Crippen LogP contribution is 2.54. The number of hydrogen-bond donors (Lipinski definition) is 1. The first-order valence-corrected chi connectivity index (χ1v) is 7.45. The van der Waals surface area contributed by atoms with Crippen molar-refractivity contribution in [3.8, 4) is 0 Å². The Hall–Kier alpha value is -0.0800. The van der Waals surface area contributed by atoms with Crippen molar-refractivity contribution in [1.29, 1.82) is 0 Å².